The van der Waals surface area contributed by atoms with Crippen LogP contribution < -0.4 is 10.9 Å². The summed E-state index contributed by atoms with van der Waals surface area (Å²) in [5, 5.41) is 12.0. The Morgan fingerprint density at radius 2 is 1.90 bits per heavy atom. The lowest BCUT2D eigenvalue weighted by Gasteiger charge is -2.20. The molecule has 6 aromatic rings. The first-order valence-corrected chi connectivity index (χ1v) is 13.0. The van der Waals surface area contributed by atoms with Gasteiger partial charge in [-0.3, -0.25) is 18.8 Å². The first-order chi connectivity index (χ1) is 19.8. The first kappa shape index (κ1) is 25.7. The summed E-state index contributed by atoms with van der Waals surface area (Å²) < 4.78 is 4.79. The van der Waals surface area contributed by atoms with Crippen LogP contribution in [0.1, 0.15) is 51.5 Å². The van der Waals surface area contributed by atoms with Gasteiger partial charge in [-0.15, -0.1) is 0 Å². The number of carbonyl (C=O) groups is 1. The van der Waals surface area contributed by atoms with Crippen LogP contribution in [0.4, 0.5) is 0 Å². The predicted molar refractivity (Wildman–Crippen MR) is 155 cm³/mol. The summed E-state index contributed by atoms with van der Waals surface area (Å²) in [4.78, 5) is 37.0. The standard InChI is InChI=1S/C31H26N8O2/c1-19-8-5-10-24(16-19)39-28(21(3)34-30(40)26-20(2)36-38-15-7-14-32-29(26)38)35-25-11-6-9-23(27(25)31(39)41)13-12-22-17-33-37(4)18-22/h5-11,14-18,21H,1-4H3,(H,34,40). The fraction of sp³-hybridized carbons (Fsp3) is 0.161. The van der Waals surface area contributed by atoms with Crippen LogP contribution in [0.15, 0.2) is 78.1 Å². The first-order valence-electron chi connectivity index (χ1n) is 13.0. The Kier molecular flexibility index (Phi) is 6.40. The summed E-state index contributed by atoms with van der Waals surface area (Å²) in [5.74, 6) is 6.25. The number of fused-ring (bicyclic) bond motifs is 2. The minimum Gasteiger partial charge on any atom is -0.342 e. The molecule has 0 fully saturated rings. The Morgan fingerprint density at radius 1 is 1.07 bits per heavy atom. The third kappa shape index (κ3) is 4.74. The number of hydrogen-bond acceptors (Lipinski definition) is 6. The molecule has 0 spiro atoms. The molecule has 10 nitrogen and oxygen atoms in total. The highest BCUT2D eigenvalue weighted by molar-refractivity contribution is 6.01. The van der Waals surface area contributed by atoms with Gasteiger partial charge in [0.2, 0.25) is 0 Å². The Hall–Kier alpha value is -5.56. The van der Waals surface area contributed by atoms with Gasteiger partial charge in [-0.05, 0) is 56.7 Å². The molecule has 0 aliphatic carbocycles. The maximum atomic E-state index is 14.2. The summed E-state index contributed by atoms with van der Waals surface area (Å²) in [6, 6.07) is 14.1. The molecule has 2 aromatic carbocycles. The molecule has 4 aromatic heterocycles. The van der Waals surface area contributed by atoms with Crippen molar-refractivity contribution in [1.29, 1.82) is 0 Å². The van der Waals surface area contributed by atoms with E-state index in [-0.39, 0.29) is 11.5 Å². The predicted octanol–water partition coefficient (Wildman–Crippen LogP) is 3.67. The number of aryl methyl sites for hydroxylation is 3. The van der Waals surface area contributed by atoms with Crippen molar-refractivity contribution in [2.24, 2.45) is 7.05 Å². The number of nitrogens with zero attached hydrogens (tertiary/aromatic N) is 7. The van der Waals surface area contributed by atoms with E-state index in [0.717, 1.165) is 11.1 Å². The molecule has 202 valence electrons. The smallest absolute Gasteiger partial charge is 0.267 e. The van der Waals surface area contributed by atoms with E-state index in [1.54, 1.807) is 64.4 Å². The molecule has 0 radical (unpaired) electrons. The van der Waals surface area contributed by atoms with Gasteiger partial charge < -0.3 is 5.32 Å². The Bertz CT molecular complexity index is 2090. The highest BCUT2D eigenvalue weighted by atomic mass is 16.2. The number of amides is 1. The number of nitrogens with one attached hydrogen (secondary N) is 1. The van der Waals surface area contributed by atoms with E-state index in [1.165, 1.54) is 0 Å². The molecular weight excluding hydrogens is 516 g/mol. The third-order valence-electron chi connectivity index (χ3n) is 6.76. The summed E-state index contributed by atoms with van der Waals surface area (Å²) >= 11 is 0. The number of hydrogen-bond donors (Lipinski definition) is 1. The van der Waals surface area contributed by atoms with E-state index in [4.69, 9.17) is 4.98 Å². The molecule has 0 bridgehead atoms. The van der Waals surface area contributed by atoms with Gasteiger partial charge in [-0.25, -0.2) is 14.5 Å². The van der Waals surface area contributed by atoms with Gasteiger partial charge in [0, 0.05) is 31.2 Å². The van der Waals surface area contributed by atoms with Gasteiger partial charge in [-0.2, -0.15) is 10.2 Å². The van der Waals surface area contributed by atoms with Crippen LogP contribution in [-0.2, 0) is 7.05 Å². The molecule has 0 aliphatic rings. The minimum atomic E-state index is -0.636. The maximum Gasteiger partial charge on any atom is 0.267 e. The van der Waals surface area contributed by atoms with Crippen LogP contribution in [0.5, 0.6) is 0 Å². The Morgan fingerprint density at radius 3 is 2.68 bits per heavy atom. The fourth-order valence-corrected chi connectivity index (χ4v) is 4.88. The Labute approximate surface area is 235 Å². The minimum absolute atomic E-state index is 0.276. The lowest BCUT2D eigenvalue weighted by molar-refractivity contribution is 0.0938. The third-order valence-corrected chi connectivity index (χ3v) is 6.76. The summed E-state index contributed by atoms with van der Waals surface area (Å²) in [7, 11) is 1.82. The van der Waals surface area contributed by atoms with Gasteiger partial charge in [0.1, 0.15) is 11.4 Å². The molecule has 6 rings (SSSR count). The van der Waals surface area contributed by atoms with Gasteiger partial charge in [0.25, 0.3) is 11.5 Å². The highest BCUT2D eigenvalue weighted by Gasteiger charge is 2.24. The van der Waals surface area contributed by atoms with Crippen LogP contribution in [0.3, 0.4) is 0 Å². The number of carbonyl (C=O) groups excluding carboxylic acids is 1. The second-order valence-electron chi connectivity index (χ2n) is 9.85. The molecule has 4 heterocycles. The van der Waals surface area contributed by atoms with E-state index < -0.39 is 6.04 Å². The van der Waals surface area contributed by atoms with Crippen molar-refractivity contribution in [2.75, 3.05) is 0 Å². The topological polar surface area (TPSA) is 112 Å². The molecular formula is C31H26N8O2. The van der Waals surface area contributed by atoms with Crippen molar-refractivity contribution in [2.45, 2.75) is 26.8 Å². The van der Waals surface area contributed by atoms with Crippen LogP contribution in [0, 0.1) is 25.7 Å². The van der Waals surface area contributed by atoms with Crippen molar-refractivity contribution in [3.8, 4) is 17.5 Å². The van der Waals surface area contributed by atoms with Gasteiger partial charge in [0.05, 0.1) is 40.1 Å². The van der Waals surface area contributed by atoms with Crippen molar-refractivity contribution in [3.05, 3.63) is 117 Å². The van der Waals surface area contributed by atoms with Gasteiger partial charge in [0.15, 0.2) is 5.65 Å². The molecule has 1 N–H and O–H groups in total. The average molecular weight is 543 g/mol. The summed E-state index contributed by atoms with van der Waals surface area (Å²) in [6.07, 6.45) is 6.84. The average Bonchev–Trinajstić information content (AvgIpc) is 3.52. The molecule has 1 unspecified atom stereocenters. The van der Waals surface area contributed by atoms with Crippen molar-refractivity contribution in [3.63, 3.8) is 0 Å². The van der Waals surface area contributed by atoms with Crippen molar-refractivity contribution >= 4 is 22.5 Å². The van der Waals surface area contributed by atoms with E-state index in [9.17, 15) is 9.59 Å². The zero-order valence-electron chi connectivity index (χ0n) is 23.0. The molecule has 41 heavy (non-hydrogen) atoms. The lowest BCUT2D eigenvalue weighted by Crippen LogP contribution is -2.33. The van der Waals surface area contributed by atoms with E-state index in [1.807, 2.05) is 50.5 Å². The van der Waals surface area contributed by atoms with Crippen LogP contribution >= 0.6 is 0 Å². The quantitative estimate of drug-likeness (QED) is 0.340. The SMILES string of the molecule is Cc1cccc(-n2c(C(C)NC(=O)c3c(C)nn4cccnc34)nc3cccc(C#Cc4cnn(C)c4)c3c2=O)c1. The molecule has 0 aliphatic heterocycles. The lowest BCUT2D eigenvalue weighted by atomic mass is 10.1. The van der Waals surface area contributed by atoms with Crippen LogP contribution in [-0.4, -0.2) is 39.8 Å². The molecule has 0 saturated heterocycles. The molecule has 10 heteroatoms. The van der Waals surface area contributed by atoms with E-state index in [0.29, 0.717) is 44.9 Å². The Balaban J connectivity index is 1.49. The maximum absolute atomic E-state index is 14.2. The van der Waals surface area contributed by atoms with Gasteiger partial charge in [-0.1, -0.05) is 30.0 Å². The second kappa shape index (κ2) is 10.2. The monoisotopic (exact) mass is 542 g/mol. The molecule has 0 saturated carbocycles. The molecule has 1 amide bonds. The van der Waals surface area contributed by atoms with E-state index in [2.05, 4.69) is 32.3 Å². The second-order valence-corrected chi connectivity index (χ2v) is 9.85. The number of aromatic nitrogens is 7. The summed E-state index contributed by atoms with van der Waals surface area (Å²) in [6.45, 7) is 5.53. The summed E-state index contributed by atoms with van der Waals surface area (Å²) in [5.41, 5.74) is 4.50. The normalized spacial score (nSPS) is 11.8. The van der Waals surface area contributed by atoms with Gasteiger partial charge >= 0.3 is 0 Å². The largest absolute Gasteiger partial charge is 0.342 e. The molecule has 1 atom stereocenters. The zero-order chi connectivity index (χ0) is 28.7. The van der Waals surface area contributed by atoms with Crippen LogP contribution in [0.25, 0.3) is 22.2 Å². The highest BCUT2D eigenvalue weighted by Crippen LogP contribution is 2.22. The van der Waals surface area contributed by atoms with Crippen LogP contribution in [0.2, 0.25) is 0 Å². The van der Waals surface area contributed by atoms with E-state index >= 15 is 0 Å². The zero-order valence-corrected chi connectivity index (χ0v) is 23.0. The number of rotatable bonds is 4. The van der Waals surface area contributed by atoms with Crippen molar-refractivity contribution < 1.29 is 4.79 Å². The van der Waals surface area contributed by atoms with Crippen molar-refractivity contribution in [1.82, 2.24) is 39.2 Å². The fourth-order valence-electron chi connectivity index (χ4n) is 4.88. The number of benzene rings is 2.